The SMILES string of the molecule is NC(=O)c1cc(NCc2ccccn2)c(F)cc1F. The largest absolute Gasteiger partial charge is 0.377 e. The number of anilines is 1. The molecule has 98 valence electrons. The highest BCUT2D eigenvalue weighted by Gasteiger charge is 2.13. The number of nitrogens with zero attached hydrogens (tertiary/aromatic N) is 1. The van der Waals surface area contributed by atoms with Crippen molar-refractivity contribution in [3.8, 4) is 0 Å². The number of primary amides is 1. The summed E-state index contributed by atoms with van der Waals surface area (Å²) in [5, 5.41) is 2.74. The summed E-state index contributed by atoms with van der Waals surface area (Å²) in [5.74, 6) is -2.72. The van der Waals surface area contributed by atoms with Crippen molar-refractivity contribution in [3.63, 3.8) is 0 Å². The molecule has 0 aliphatic carbocycles. The molecule has 0 radical (unpaired) electrons. The van der Waals surface area contributed by atoms with Gasteiger partial charge in [0.15, 0.2) is 0 Å². The maximum atomic E-state index is 13.5. The summed E-state index contributed by atoms with van der Waals surface area (Å²) in [6.07, 6.45) is 1.60. The van der Waals surface area contributed by atoms with E-state index in [4.69, 9.17) is 5.73 Å². The fourth-order valence-electron chi connectivity index (χ4n) is 1.56. The topological polar surface area (TPSA) is 68.0 Å². The Labute approximate surface area is 108 Å². The maximum absolute atomic E-state index is 13.5. The number of aromatic nitrogens is 1. The molecule has 3 N–H and O–H groups in total. The van der Waals surface area contributed by atoms with Gasteiger partial charge in [0.05, 0.1) is 23.5 Å². The van der Waals surface area contributed by atoms with E-state index in [0.29, 0.717) is 11.8 Å². The number of carbonyl (C=O) groups excluding carboxylic acids is 1. The van der Waals surface area contributed by atoms with Crippen molar-refractivity contribution >= 4 is 11.6 Å². The molecule has 2 rings (SSSR count). The Bertz CT molecular complexity index is 602. The van der Waals surface area contributed by atoms with Crippen LogP contribution in [-0.4, -0.2) is 10.9 Å². The van der Waals surface area contributed by atoms with Crippen molar-refractivity contribution in [1.82, 2.24) is 4.98 Å². The van der Waals surface area contributed by atoms with Gasteiger partial charge in [0, 0.05) is 12.3 Å². The van der Waals surface area contributed by atoms with Crippen LogP contribution in [0.1, 0.15) is 16.1 Å². The minimum absolute atomic E-state index is 0.000790. The summed E-state index contributed by atoms with van der Waals surface area (Å²) in [5.41, 5.74) is 5.33. The van der Waals surface area contributed by atoms with Gasteiger partial charge in [-0.05, 0) is 18.2 Å². The third kappa shape index (κ3) is 3.04. The van der Waals surface area contributed by atoms with E-state index in [0.717, 1.165) is 6.07 Å². The number of halogens is 2. The van der Waals surface area contributed by atoms with Gasteiger partial charge in [0.25, 0.3) is 5.91 Å². The Hall–Kier alpha value is -2.50. The molecule has 1 aromatic heterocycles. The Kier molecular flexibility index (Phi) is 3.70. The average molecular weight is 263 g/mol. The summed E-state index contributed by atoms with van der Waals surface area (Å²) < 4.78 is 26.8. The first kappa shape index (κ1) is 12.9. The molecule has 1 heterocycles. The number of pyridine rings is 1. The highest BCUT2D eigenvalue weighted by atomic mass is 19.1. The molecular formula is C13H11F2N3O. The molecule has 0 saturated heterocycles. The smallest absolute Gasteiger partial charge is 0.251 e. The maximum Gasteiger partial charge on any atom is 0.251 e. The lowest BCUT2D eigenvalue weighted by Crippen LogP contribution is -2.14. The van der Waals surface area contributed by atoms with Gasteiger partial charge in [0.2, 0.25) is 0 Å². The van der Waals surface area contributed by atoms with Crippen LogP contribution in [0.3, 0.4) is 0 Å². The van der Waals surface area contributed by atoms with Crippen molar-refractivity contribution in [2.24, 2.45) is 5.73 Å². The van der Waals surface area contributed by atoms with Crippen LogP contribution in [-0.2, 0) is 6.54 Å². The van der Waals surface area contributed by atoms with E-state index in [9.17, 15) is 13.6 Å². The molecule has 6 heteroatoms. The van der Waals surface area contributed by atoms with Crippen molar-refractivity contribution < 1.29 is 13.6 Å². The minimum Gasteiger partial charge on any atom is -0.377 e. The number of hydrogen-bond acceptors (Lipinski definition) is 3. The first-order valence-corrected chi connectivity index (χ1v) is 5.50. The Morgan fingerprint density at radius 1 is 1.26 bits per heavy atom. The van der Waals surface area contributed by atoms with E-state index in [1.54, 1.807) is 24.4 Å². The molecular weight excluding hydrogens is 252 g/mol. The first-order valence-electron chi connectivity index (χ1n) is 5.50. The molecule has 0 atom stereocenters. The number of hydrogen-bond donors (Lipinski definition) is 2. The Morgan fingerprint density at radius 3 is 2.68 bits per heavy atom. The number of rotatable bonds is 4. The number of nitrogens with two attached hydrogens (primary N) is 1. The molecule has 19 heavy (non-hydrogen) atoms. The zero-order valence-electron chi connectivity index (χ0n) is 9.86. The molecule has 0 aliphatic heterocycles. The van der Waals surface area contributed by atoms with Gasteiger partial charge in [0.1, 0.15) is 11.6 Å². The monoisotopic (exact) mass is 263 g/mol. The van der Waals surface area contributed by atoms with Crippen LogP contribution in [0.25, 0.3) is 0 Å². The van der Waals surface area contributed by atoms with Crippen molar-refractivity contribution in [1.29, 1.82) is 0 Å². The third-order valence-electron chi connectivity index (χ3n) is 2.51. The number of nitrogens with one attached hydrogen (secondary N) is 1. The summed E-state index contributed by atoms with van der Waals surface area (Å²) >= 11 is 0. The van der Waals surface area contributed by atoms with E-state index in [1.165, 1.54) is 0 Å². The summed E-state index contributed by atoms with van der Waals surface area (Å²) in [7, 11) is 0. The van der Waals surface area contributed by atoms with Gasteiger partial charge in [-0.25, -0.2) is 8.78 Å². The molecule has 1 aromatic carbocycles. The summed E-state index contributed by atoms with van der Waals surface area (Å²) in [4.78, 5) is 15.0. The van der Waals surface area contributed by atoms with Gasteiger partial charge >= 0.3 is 0 Å². The van der Waals surface area contributed by atoms with Gasteiger partial charge in [-0.15, -0.1) is 0 Å². The second kappa shape index (κ2) is 5.43. The van der Waals surface area contributed by atoms with Gasteiger partial charge in [-0.2, -0.15) is 0 Å². The van der Waals surface area contributed by atoms with Crippen LogP contribution in [0.2, 0.25) is 0 Å². The summed E-state index contributed by atoms with van der Waals surface area (Å²) in [6.45, 7) is 0.252. The fourth-order valence-corrected chi connectivity index (χ4v) is 1.56. The van der Waals surface area contributed by atoms with Crippen LogP contribution in [0, 0.1) is 11.6 Å². The number of benzene rings is 1. The number of carbonyl (C=O) groups is 1. The van der Waals surface area contributed by atoms with Gasteiger partial charge in [-0.1, -0.05) is 6.07 Å². The first-order chi connectivity index (χ1) is 9.08. The number of amides is 1. The second-order valence-corrected chi connectivity index (χ2v) is 3.85. The van der Waals surface area contributed by atoms with Crippen molar-refractivity contribution in [3.05, 3.63) is 59.4 Å². The Morgan fingerprint density at radius 2 is 2.05 bits per heavy atom. The molecule has 0 bridgehead atoms. The van der Waals surface area contributed by atoms with E-state index < -0.39 is 17.5 Å². The van der Waals surface area contributed by atoms with E-state index >= 15 is 0 Å². The van der Waals surface area contributed by atoms with Crippen LogP contribution < -0.4 is 11.1 Å². The van der Waals surface area contributed by atoms with E-state index in [2.05, 4.69) is 10.3 Å². The van der Waals surface area contributed by atoms with Crippen molar-refractivity contribution in [2.45, 2.75) is 6.54 Å². The molecule has 1 amide bonds. The lowest BCUT2D eigenvalue weighted by molar-refractivity contribution is 0.0996. The normalized spacial score (nSPS) is 10.2. The molecule has 0 spiro atoms. The molecule has 0 fully saturated rings. The zero-order chi connectivity index (χ0) is 13.8. The lowest BCUT2D eigenvalue weighted by atomic mass is 10.1. The third-order valence-corrected chi connectivity index (χ3v) is 2.51. The molecule has 2 aromatic rings. The predicted molar refractivity (Wildman–Crippen MR) is 66.4 cm³/mol. The molecule has 4 nitrogen and oxygen atoms in total. The highest BCUT2D eigenvalue weighted by Crippen LogP contribution is 2.19. The van der Waals surface area contributed by atoms with Crippen LogP contribution >= 0.6 is 0 Å². The highest BCUT2D eigenvalue weighted by molar-refractivity contribution is 5.94. The second-order valence-electron chi connectivity index (χ2n) is 3.85. The van der Waals surface area contributed by atoms with Gasteiger partial charge in [-0.3, -0.25) is 9.78 Å². The van der Waals surface area contributed by atoms with Crippen LogP contribution in [0.5, 0.6) is 0 Å². The van der Waals surface area contributed by atoms with Crippen LogP contribution in [0.15, 0.2) is 36.5 Å². The predicted octanol–water partition coefficient (Wildman–Crippen LogP) is 2.07. The van der Waals surface area contributed by atoms with Crippen molar-refractivity contribution in [2.75, 3.05) is 5.32 Å². The molecule has 0 aliphatic rings. The lowest BCUT2D eigenvalue weighted by Gasteiger charge is -2.09. The molecule has 0 unspecified atom stereocenters. The van der Waals surface area contributed by atoms with Gasteiger partial charge < -0.3 is 11.1 Å². The zero-order valence-corrected chi connectivity index (χ0v) is 9.86. The van der Waals surface area contributed by atoms with E-state index in [1.807, 2.05) is 0 Å². The Balaban J connectivity index is 2.21. The minimum atomic E-state index is -0.978. The standard InChI is InChI=1S/C13H11F2N3O/c14-10-6-11(15)12(5-9(10)13(16)19)18-7-8-3-1-2-4-17-8/h1-6,18H,7H2,(H2,16,19). The van der Waals surface area contributed by atoms with Crippen LogP contribution in [0.4, 0.5) is 14.5 Å². The quantitative estimate of drug-likeness (QED) is 0.887. The van der Waals surface area contributed by atoms with E-state index in [-0.39, 0.29) is 17.8 Å². The summed E-state index contributed by atoms with van der Waals surface area (Å²) in [6, 6.07) is 6.98. The average Bonchev–Trinajstić information content (AvgIpc) is 2.38. The fraction of sp³-hybridized carbons (Fsp3) is 0.0769. The molecule has 0 saturated carbocycles.